The van der Waals surface area contributed by atoms with E-state index >= 15 is 0 Å². The molecule has 0 aromatic rings. The monoisotopic (exact) mass is 322 g/mol. The summed E-state index contributed by atoms with van der Waals surface area (Å²) in [5, 5.41) is 0. The van der Waals surface area contributed by atoms with Crippen molar-refractivity contribution in [3.63, 3.8) is 0 Å². The van der Waals surface area contributed by atoms with E-state index in [-0.39, 0.29) is 0 Å². The summed E-state index contributed by atoms with van der Waals surface area (Å²) in [6, 6.07) is 0. The van der Waals surface area contributed by atoms with Crippen LogP contribution in [0.1, 0.15) is 34.6 Å². The molecule has 0 unspecified atom stereocenters. The van der Waals surface area contributed by atoms with Crippen molar-refractivity contribution in [3.05, 3.63) is 20.8 Å². The Kier molecular flexibility index (Phi) is 2.16. The van der Waals surface area contributed by atoms with Gasteiger partial charge in [-0.2, -0.15) is 0 Å². The summed E-state index contributed by atoms with van der Waals surface area (Å²) in [5.41, 5.74) is 4.91. The van der Waals surface area contributed by atoms with Gasteiger partial charge in [-0.15, -0.1) is 0 Å². The van der Waals surface area contributed by atoms with Gasteiger partial charge in [-0.25, -0.2) is 0 Å². The van der Waals surface area contributed by atoms with E-state index in [0.717, 1.165) is 0 Å². The van der Waals surface area contributed by atoms with Crippen LogP contribution in [-0.4, -0.2) is 0 Å². The molecule has 0 atom stereocenters. The van der Waals surface area contributed by atoms with Crippen molar-refractivity contribution in [2.75, 3.05) is 0 Å². The summed E-state index contributed by atoms with van der Waals surface area (Å²) in [6.07, 6.45) is 0. The predicted molar refractivity (Wildman–Crippen MR) is 44.9 cm³/mol. The summed E-state index contributed by atoms with van der Waals surface area (Å²) < 4.78 is 1.59. The van der Waals surface area contributed by atoms with E-state index in [9.17, 15) is 0 Å². The van der Waals surface area contributed by atoms with Crippen molar-refractivity contribution >= 4 is 0 Å². The molecule has 11 heavy (non-hydrogen) atoms. The van der Waals surface area contributed by atoms with Crippen molar-refractivity contribution in [3.8, 4) is 0 Å². The van der Waals surface area contributed by atoms with Crippen molar-refractivity contribution in [2.24, 2.45) is 5.41 Å². The second-order valence-electron chi connectivity index (χ2n) is 3.81. The molecule has 62 valence electrons. The maximum absolute atomic E-state index is 2.32. The quantitative estimate of drug-likeness (QED) is 0.643. The third-order valence-electron chi connectivity index (χ3n) is 2.94. The zero-order valence-electron chi connectivity index (χ0n) is 7.88. The Morgan fingerprint density at radius 2 is 1.45 bits per heavy atom. The first-order valence-electron chi connectivity index (χ1n) is 3.94. The molecule has 0 bridgehead atoms. The molecule has 0 saturated carbocycles. The molecule has 0 radical (unpaired) electrons. The maximum atomic E-state index is 2.32. The van der Waals surface area contributed by atoms with Gasteiger partial charge in [0.05, 0.1) is 0 Å². The fraction of sp³-hybridized carbons (Fsp3) is 0.600. The van der Waals surface area contributed by atoms with Gasteiger partial charge < -0.3 is 0 Å². The van der Waals surface area contributed by atoms with E-state index in [4.69, 9.17) is 0 Å². The van der Waals surface area contributed by atoms with Crippen LogP contribution in [0.15, 0.2) is 20.8 Å². The van der Waals surface area contributed by atoms with E-state index in [1.54, 1.807) is 9.62 Å². The first kappa shape index (κ1) is 9.23. The Labute approximate surface area is 80.2 Å². The Morgan fingerprint density at radius 3 is 1.55 bits per heavy atom. The molecule has 1 heteroatoms. The van der Waals surface area contributed by atoms with Gasteiger partial charge in [0.1, 0.15) is 0 Å². The van der Waals surface area contributed by atoms with E-state index in [0.29, 0.717) is 5.41 Å². The average molecular weight is 321 g/mol. The summed E-state index contributed by atoms with van der Waals surface area (Å²) in [5.74, 6) is 0. The molecule has 1 aliphatic rings. The van der Waals surface area contributed by atoms with Crippen LogP contribution in [0.25, 0.3) is 0 Å². The molecule has 1 aliphatic carbocycles. The van der Waals surface area contributed by atoms with E-state index in [1.165, 1.54) is 11.1 Å². The zero-order chi connectivity index (χ0) is 8.81. The van der Waals surface area contributed by atoms with Crippen LogP contribution in [0.3, 0.4) is 0 Å². The zero-order valence-corrected chi connectivity index (χ0v) is 10.6. The van der Waals surface area contributed by atoms with E-state index < -0.39 is 0 Å². The van der Waals surface area contributed by atoms with Crippen LogP contribution in [0, 0.1) is 5.41 Å². The Morgan fingerprint density at radius 1 is 1.00 bits per heavy atom. The van der Waals surface area contributed by atoms with Gasteiger partial charge in [-0.1, -0.05) is 0 Å². The molecule has 0 saturated heterocycles. The van der Waals surface area contributed by atoms with Gasteiger partial charge in [0.15, 0.2) is 0 Å². The van der Waals surface area contributed by atoms with Crippen LogP contribution < -0.4 is 0 Å². The SMILES string of the molecule is CC1=C(C)C(C)(C)[C]([Re])=C1C. The molecule has 0 aliphatic heterocycles. The Bertz CT molecular complexity index is 228. The minimum atomic E-state index is 0.338. The topological polar surface area (TPSA) is 0 Å². The average Bonchev–Trinajstić information content (AvgIpc) is 2.06. The predicted octanol–water partition coefficient (Wildman–Crippen LogP) is 3.18. The molecule has 0 spiro atoms. The summed E-state index contributed by atoms with van der Waals surface area (Å²) in [7, 11) is 0. The van der Waals surface area contributed by atoms with E-state index in [1.807, 2.05) is 19.2 Å². The van der Waals surface area contributed by atoms with Gasteiger partial charge in [0.25, 0.3) is 0 Å². The van der Waals surface area contributed by atoms with Crippen molar-refractivity contribution in [1.82, 2.24) is 0 Å². The second kappa shape index (κ2) is 2.58. The number of hydrogen-bond donors (Lipinski definition) is 0. The Balaban J connectivity index is 3.27. The first-order chi connectivity index (χ1) is 4.89. The van der Waals surface area contributed by atoms with Gasteiger partial charge in [0, 0.05) is 0 Å². The molecular weight excluding hydrogens is 306 g/mol. The van der Waals surface area contributed by atoms with Gasteiger partial charge in [0.2, 0.25) is 0 Å². The second-order valence-corrected chi connectivity index (χ2v) is 5.17. The molecule has 0 fully saturated rings. The van der Waals surface area contributed by atoms with Crippen LogP contribution in [0.5, 0.6) is 0 Å². The van der Waals surface area contributed by atoms with Gasteiger partial charge >= 0.3 is 80.0 Å². The summed E-state index contributed by atoms with van der Waals surface area (Å²) in [4.78, 5) is 0. The van der Waals surface area contributed by atoms with Crippen molar-refractivity contribution < 1.29 is 19.2 Å². The van der Waals surface area contributed by atoms with Crippen LogP contribution in [-0.2, 0) is 19.2 Å². The van der Waals surface area contributed by atoms with Gasteiger partial charge in [-0.3, -0.25) is 0 Å². The van der Waals surface area contributed by atoms with Crippen LogP contribution in [0.2, 0.25) is 0 Å². The molecule has 0 N–H and O–H groups in total. The van der Waals surface area contributed by atoms with Crippen molar-refractivity contribution in [2.45, 2.75) is 34.6 Å². The summed E-state index contributed by atoms with van der Waals surface area (Å²) >= 11 is 1.83. The van der Waals surface area contributed by atoms with Gasteiger partial charge in [-0.05, 0) is 0 Å². The van der Waals surface area contributed by atoms with Crippen molar-refractivity contribution in [1.29, 1.82) is 0 Å². The molecule has 0 nitrogen and oxygen atoms in total. The van der Waals surface area contributed by atoms with Crippen LogP contribution in [0.4, 0.5) is 0 Å². The fourth-order valence-corrected chi connectivity index (χ4v) is 2.57. The number of allylic oxidation sites excluding steroid dienone is 4. The molecule has 1 rings (SSSR count). The number of hydrogen-bond acceptors (Lipinski definition) is 0. The Hall–Kier alpha value is 0.142. The summed E-state index contributed by atoms with van der Waals surface area (Å²) in [6.45, 7) is 11.4. The fourth-order valence-electron chi connectivity index (χ4n) is 1.55. The molecule has 0 aromatic carbocycles. The first-order valence-corrected chi connectivity index (χ1v) is 5.30. The number of rotatable bonds is 0. The standard InChI is InChI=1S/C10H15.Re/c1-7-6-10(4,5)9(3)8(7)2;/h1-5H3;. The molecule has 0 amide bonds. The minimum absolute atomic E-state index is 0.338. The molecule has 0 aromatic heterocycles. The van der Waals surface area contributed by atoms with Crippen LogP contribution >= 0.6 is 0 Å². The van der Waals surface area contributed by atoms with E-state index in [2.05, 4.69) is 34.6 Å². The third-order valence-corrected chi connectivity index (χ3v) is 5.66. The molecule has 0 heterocycles. The molecular formula is C10H15Re. The third kappa shape index (κ3) is 1.15. The normalized spacial score (nSPS) is 23.5.